The molecule has 1 aliphatic carbocycles. The van der Waals surface area contributed by atoms with E-state index in [2.05, 4.69) is 51.7 Å². The van der Waals surface area contributed by atoms with Crippen molar-refractivity contribution in [1.82, 2.24) is 15.5 Å². The summed E-state index contributed by atoms with van der Waals surface area (Å²) in [6, 6.07) is 16.5. The van der Waals surface area contributed by atoms with Crippen molar-refractivity contribution in [1.29, 1.82) is 0 Å². The van der Waals surface area contributed by atoms with E-state index in [0.29, 0.717) is 23.7 Å². The van der Waals surface area contributed by atoms with Crippen molar-refractivity contribution in [3.63, 3.8) is 0 Å². The molecule has 2 aromatic carbocycles. The lowest BCUT2D eigenvalue weighted by atomic mass is 9.94. The number of amides is 1. The van der Waals surface area contributed by atoms with E-state index >= 15 is 0 Å². The maximum absolute atomic E-state index is 12.3. The van der Waals surface area contributed by atoms with E-state index in [-0.39, 0.29) is 11.7 Å². The summed E-state index contributed by atoms with van der Waals surface area (Å²) in [5.41, 5.74) is 3.11. The van der Waals surface area contributed by atoms with Crippen LogP contribution in [0.4, 0.5) is 5.69 Å². The summed E-state index contributed by atoms with van der Waals surface area (Å²) >= 11 is 1.23. The Balaban J connectivity index is 1.22. The fraction of sp³-hybridized carbons (Fsp3) is 0.400. The Labute approximate surface area is 198 Å². The molecule has 1 fully saturated rings. The van der Waals surface area contributed by atoms with E-state index in [1.165, 1.54) is 49.6 Å². The molecule has 33 heavy (non-hydrogen) atoms. The number of rotatable bonds is 9. The summed E-state index contributed by atoms with van der Waals surface area (Å²) in [7, 11) is 3.80. The number of thioether (sulfide) groups is 1. The lowest BCUT2D eigenvalue weighted by Crippen LogP contribution is -2.33. The molecule has 0 saturated heterocycles. The number of nitrogens with one attached hydrogen (secondary N) is 1. The Morgan fingerprint density at radius 2 is 1.82 bits per heavy atom. The smallest absolute Gasteiger partial charge is 0.277 e. The number of nitrogens with zero attached hydrogens (tertiary/aromatic N) is 3. The SMILES string of the molecule is COc1ccc(-c2nnc(SCC(=O)NCc3ccc(N(C)C4CCCCC4)cc3)o2)cc1. The van der Waals surface area contributed by atoms with Gasteiger partial charge in [-0.3, -0.25) is 4.79 Å². The fourth-order valence-corrected chi connectivity index (χ4v) is 4.62. The Kier molecular flexibility index (Phi) is 7.88. The van der Waals surface area contributed by atoms with Crippen molar-refractivity contribution in [3.05, 3.63) is 54.1 Å². The average Bonchev–Trinajstić information content (AvgIpc) is 3.36. The van der Waals surface area contributed by atoms with Crippen LogP contribution in [0.2, 0.25) is 0 Å². The lowest BCUT2D eigenvalue weighted by molar-refractivity contribution is -0.118. The zero-order valence-corrected chi connectivity index (χ0v) is 19.9. The molecule has 1 N–H and O–H groups in total. The Morgan fingerprint density at radius 1 is 1.09 bits per heavy atom. The maximum Gasteiger partial charge on any atom is 0.277 e. The molecule has 0 aliphatic heterocycles. The van der Waals surface area contributed by atoms with Gasteiger partial charge in [-0.1, -0.05) is 43.2 Å². The Hall–Kier alpha value is -3.00. The maximum atomic E-state index is 12.3. The molecule has 4 rings (SSSR count). The second-order valence-corrected chi connectivity index (χ2v) is 9.16. The minimum atomic E-state index is -0.0763. The van der Waals surface area contributed by atoms with Crippen molar-refractivity contribution in [2.24, 2.45) is 0 Å². The van der Waals surface area contributed by atoms with Gasteiger partial charge in [-0.15, -0.1) is 10.2 Å². The van der Waals surface area contributed by atoms with E-state index in [9.17, 15) is 4.79 Å². The van der Waals surface area contributed by atoms with Crippen LogP contribution in [-0.2, 0) is 11.3 Å². The second-order valence-electron chi connectivity index (χ2n) is 8.24. The van der Waals surface area contributed by atoms with Gasteiger partial charge in [0.2, 0.25) is 11.8 Å². The van der Waals surface area contributed by atoms with Crippen LogP contribution in [0, 0.1) is 0 Å². The van der Waals surface area contributed by atoms with E-state index in [1.54, 1.807) is 7.11 Å². The minimum absolute atomic E-state index is 0.0763. The first-order chi connectivity index (χ1) is 16.1. The average molecular weight is 467 g/mol. The van der Waals surface area contributed by atoms with Gasteiger partial charge in [0, 0.05) is 30.9 Å². The highest BCUT2D eigenvalue weighted by Gasteiger charge is 2.18. The number of hydrogen-bond acceptors (Lipinski definition) is 7. The van der Waals surface area contributed by atoms with Crippen molar-refractivity contribution >= 4 is 23.4 Å². The molecule has 1 amide bonds. The van der Waals surface area contributed by atoms with Gasteiger partial charge in [-0.25, -0.2) is 0 Å². The quantitative estimate of drug-likeness (QED) is 0.448. The van der Waals surface area contributed by atoms with Gasteiger partial charge < -0.3 is 19.4 Å². The Bertz CT molecular complexity index is 1030. The van der Waals surface area contributed by atoms with Crippen molar-refractivity contribution < 1.29 is 13.9 Å². The number of aromatic nitrogens is 2. The largest absolute Gasteiger partial charge is 0.497 e. The van der Waals surface area contributed by atoms with Crippen LogP contribution >= 0.6 is 11.8 Å². The number of carbonyl (C=O) groups is 1. The summed E-state index contributed by atoms with van der Waals surface area (Å²) < 4.78 is 10.8. The number of benzene rings is 2. The van der Waals surface area contributed by atoms with Gasteiger partial charge in [-0.2, -0.15) is 0 Å². The first-order valence-electron chi connectivity index (χ1n) is 11.3. The summed E-state index contributed by atoms with van der Waals surface area (Å²) in [5, 5.41) is 11.4. The molecule has 174 valence electrons. The van der Waals surface area contributed by atoms with Gasteiger partial charge in [0.1, 0.15) is 5.75 Å². The summed E-state index contributed by atoms with van der Waals surface area (Å²) in [6.07, 6.45) is 6.55. The third-order valence-corrected chi connectivity index (χ3v) is 6.84. The van der Waals surface area contributed by atoms with Crippen LogP contribution in [0.1, 0.15) is 37.7 Å². The second kappa shape index (κ2) is 11.2. The minimum Gasteiger partial charge on any atom is -0.497 e. The van der Waals surface area contributed by atoms with Crippen molar-refractivity contribution in [2.45, 2.75) is 49.9 Å². The third kappa shape index (κ3) is 6.28. The molecule has 0 atom stereocenters. The van der Waals surface area contributed by atoms with E-state index in [0.717, 1.165) is 16.9 Å². The highest BCUT2D eigenvalue weighted by atomic mass is 32.2. The monoisotopic (exact) mass is 466 g/mol. The molecule has 1 saturated carbocycles. The van der Waals surface area contributed by atoms with Crippen LogP contribution in [0.3, 0.4) is 0 Å². The van der Waals surface area contributed by atoms with Crippen LogP contribution in [0.5, 0.6) is 5.75 Å². The number of carbonyl (C=O) groups excluding carboxylic acids is 1. The molecule has 8 heteroatoms. The molecular formula is C25H30N4O3S. The van der Waals surface area contributed by atoms with Gasteiger partial charge in [-0.05, 0) is 54.8 Å². The van der Waals surface area contributed by atoms with Crippen LogP contribution in [0.15, 0.2) is 58.2 Å². The fourth-order valence-electron chi connectivity index (χ4n) is 4.03. The summed E-state index contributed by atoms with van der Waals surface area (Å²) in [5.74, 6) is 1.31. The number of ether oxygens (including phenoxy) is 1. The van der Waals surface area contributed by atoms with Gasteiger partial charge in [0.05, 0.1) is 12.9 Å². The molecule has 1 aliphatic rings. The zero-order valence-electron chi connectivity index (χ0n) is 19.1. The Morgan fingerprint density at radius 3 is 2.52 bits per heavy atom. The van der Waals surface area contributed by atoms with E-state index in [4.69, 9.17) is 9.15 Å². The predicted octanol–water partition coefficient (Wildman–Crippen LogP) is 4.92. The molecule has 1 aromatic heterocycles. The summed E-state index contributed by atoms with van der Waals surface area (Å²) in [4.78, 5) is 14.7. The van der Waals surface area contributed by atoms with Gasteiger partial charge >= 0.3 is 0 Å². The van der Waals surface area contributed by atoms with Gasteiger partial charge in [0.15, 0.2) is 0 Å². The number of methoxy groups -OCH3 is 1. The molecule has 1 heterocycles. The molecule has 0 unspecified atom stereocenters. The number of hydrogen-bond donors (Lipinski definition) is 1. The van der Waals surface area contributed by atoms with Gasteiger partial charge in [0.25, 0.3) is 5.22 Å². The van der Waals surface area contributed by atoms with Crippen LogP contribution < -0.4 is 15.0 Å². The molecule has 7 nitrogen and oxygen atoms in total. The molecular weight excluding hydrogens is 436 g/mol. The molecule has 0 radical (unpaired) electrons. The predicted molar refractivity (Wildman–Crippen MR) is 131 cm³/mol. The lowest BCUT2D eigenvalue weighted by Gasteiger charge is -2.33. The third-order valence-electron chi connectivity index (χ3n) is 6.03. The zero-order chi connectivity index (χ0) is 23.0. The van der Waals surface area contributed by atoms with Crippen molar-refractivity contribution in [2.75, 3.05) is 24.8 Å². The van der Waals surface area contributed by atoms with Crippen molar-refractivity contribution in [3.8, 4) is 17.2 Å². The molecule has 3 aromatic rings. The van der Waals surface area contributed by atoms with Crippen LogP contribution in [0.25, 0.3) is 11.5 Å². The topological polar surface area (TPSA) is 80.5 Å². The summed E-state index contributed by atoms with van der Waals surface area (Å²) in [6.45, 7) is 0.494. The first-order valence-corrected chi connectivity index (χ1v) is 12.3. The molecule has 0 bridgehead atoms. The number of anilines is 1. The highest BCUT2D eigenvalue weighted by Crippen LogP contribution is 2.27. The van der Waals surface area contributed by atoms with E-state index < -0.39 is 0 Å². The van der Waals surface area contributed by atoms with Crippen LogP contribution in [-0.4, -0.2) is 42.1 Å². The molecule has 0 spiro atoms. The van der Waals surface area contributed by atoms with E-state index in [1.807, 2.05) is 24.3 Å². The standard InChI is InChI=1S/C25H30N4O3S/c1-29(20-6-4-3-5-7-20)21-12-8-18(9-13-21)16-26-23(30)17-33-25-28-27-24(32-25)19-10-14-22(31-2)15-11-19/h8-15,20H,3-7,16-17H2,1-2H3,(H,26,30). The normalized spacial score (nSPS) is 14.1. The first kappa shape index (κ1) is 23.2. The highest BCUT2D eigenvalue weighted by molar-refractivity contribution is 7.99.